The van der Waals surface area contributed by atoms with Gasteiger partial charge in [0.2, 0.25) is 0 Å². The van der Waals surface area contributed by atoms with Gasteiger partial charge in [0.25, 0.3) is 0 Å². The molecule has 56 heavy (non-hydrogen) atoms. The minimum absolute atomic E-state index is 0.0684. The highest BCUT2D eigenvalue weighted by Crippen LogP contribution is 2.44. The molecule has 0 N–H and O–H groups in total. The van der Waals surface area contributed by atoms with Gasteiger partial charge in [-0.2, -0.15) is 0 Å². The van der Waals surface area contributed by atoms with Gasteiger partial charge in [0.1, 0.15) is 22.9 Å². The molecule has 0 amide bonds. The van der Waals surface area contributed by atoms with Crippen LogP contribution in [0.25, 0.3) is 89.9 Å². The van der Waals surface area contributed by atoms with Gasteiger partial charge in [-0.05, 0) is 127 Å². The van der Waals surface area contributed by atoms with Crippen LogP contribution in [0.5, 0.6) is 5.75 Å². The predicted octanol–water partition coefficient (Wildman–Crippen LogP) is 12.6. The normalized spacial score (nSPS) is 15.2. The zero-order chi connectivity index (χ0) is 37.0. The van der Waals surface area contributed by atoms with Gasteiger partial charge in [0.05, 0.1) is 0 Å². The van der Waals surface area contributed by atoms with Gasteiger partial charge < -0.3 is 9.15 Å². The van der Waals surface area contributed by atoms with E-state index in [0.29, 0.717) is 0 Å². The third-order valence-corrected chi connectivity index (χ3v) is 11.4. The maximum absolute atomic E-state index is 6.60. The van der Waals surface area contributed by atoms with Crippen molar-refractivity contribution in [1.29, 1.82) is 0 Å². The van der Waals surface area contributed by atoms with Crippen LogP contribution in [0.15, 0.2) is 199 Å². The Morgan fingerprint density at radius 1 is 0.339 bits per heavy atom. The number of fused-ring (bicyclic) bond motifs is 6. The molecule has 2 heterocycles. The molecule has 0 spiro atoms. The molecule has 8 aromatic carbocycles. The van der Waals surface area contributed by atoms with Gasteiger partial charge in [0.15, 0.2) is 0 Å². The molecule has 0 saturated carbocycles. The molecule has 2 heteroatoms. The number of furan rings is 1. The van der Waals surface area contributed by atoms with Crippen molar-refractivity contribution in [1.82, 2.24) is 0 Å². The highest BCUT2D eigenvalue weighted by atomic mass is 16.5. The van der Waals surface area contributed by atoms with E-state index in [1.54, 1.807) is 0 Å². The second kappa shape index (κ2) is 13.3. The molecule has 2 atom stereocenters. The SMILES string of the molecule is C1=c2oc3ccc(-c4cc(-c5ccccc5)cc(-c5ccccc5)c4)cc3c2=CC2c3cc(-c4cc(-c5ccccc5)cc(-c5ccccc5)c4)ccc3OC12. The number of benzene rings is 8. The van der Waals surface area contributed by atoms with Crippen molar-refractivity contribution in [3.05, 3.63) is 210 Å². The average Bonchev–Trinajstić information content (AvgIpc) is 3.82. The predicted molar refractivity (Wildman–Crippen MR) is 231 cm³/mol. The van der Waals surface area contributed by atoms with Crippen molar-refractivity contribution in [3.8, 4) is 72.5 Å². The molecule has 1 aliphatic carbocycles. The summed E-state index contributed by atoms with van der Waals surface area (Å²) >= 11 is 0. The lowest BCUT2D eigenvalue weighted by Gasteiger charge is -2.14. The topological polar surface area (TPSA) is 22.4 Å². The Labute approximate surface area is 325 Å². The Bertz CT molecular complexity index is 2920. The molecule has 0 saturated heterocycles. The molecule has 264 valence electrons. The molecule has 1 aliphatic heterocycles. The first kappa shape index (κ1) is 32.3. The van der Waals surface area contributed by atoms with Crippen LogP contribution >= 0.6 is 0 Å². The van der Waals surface area contributed by atoms with E-state index in [-0.39, 0.29) is 12.0 Å². The van der Waals surface area contributed by atoms with E-state index in [4.69, 9.17) is 9.15 Å². The van der Waals surface area contributed by atoms with Crippen LogP contribution in [0.4, 0.5) is 0 Å². The van der Waals surface area contributed by atoms with Crippen molar-refractivity contribution >= 4 is 23.1 Å². The van der Waals surface area contributed by atoms with E-state index in [2.05, 4.69) is 206 Å². The summed E-state index contributed by atoms with van der Waals surface area (Å²) in [7, 11) is 0. The second-order valence-corrected chi connectivity index (χ2v) is 14.8. The summed E-state index contributed by atoms with van der Waals surface area (Å²) in [5, 5.41) is 2.25. The standard InChI is InChI=1S/C54H36O2/c1-5-13-35(14-6-1)41-25-42(36-15-7-2-8-16-36)28-45(27-41)39-21-23-51-47(31-39)49-33-50-48-32-40(22-24-52(48)56-54(50)34-53(49)55-51)46-29-43(37-17-9-3-10-18-37)26-44(30-46)38-19-11-4-12-20-38/h1-34,49,53H. The molecule has 11 rings (SSSR count). The molecular weight excluding hydrogens is 681 g/mol. The van der Waals surface area contributed by atoms with Gasteiger partial charge in [0, 0.05) is 28.2 Å². The number of hydrogen-bond acceptors (Lipinski definition) is 2. The molecule has 2 nitrogen and oxygen atoms in total. The van der Waals surface area contributed by atoms with Crippen molar-refractivity contribution in [2.75, 3.05) is 0 Å². The molecule has 0 radical (unpaired) electrons. The van der Waals surface area contributed by atoms with Crippen LogP contribution in [-0.4, -0.2) is 6.10 Å². The average molecular weight is 717 g/mol. The largest absolute Gasteiger partial charge is 0.485 e. The van der Waals surface area contributed by atoms with E-state index in [1.165, 1.54) is 66.8 Å². The Balaban J connectivity index is 1.01. The van der Waals surface area contributed by atoms with Crippen LogP contribution in [-0.2, 0) is 0 Å². The Morgan fingerprint density at radius 3 is 1.25 bits per heavy atom. The molecule has 0 fully saturated rings. The smallest absolute Gasteiger partial charge is 0.135 e. The highest BCUT2D eigenvalue weighted by Gasteiger charge is 2.34. The minimum Gasteiger partial charge on any atom is -0.485 e. The zero-order valence-corrected chi connectivity index (χ0v) is 30.6. The van der Waals surface area contributed by atoms with Crippen LogP contribution < -0.4 is 15.4 Å². The minimum atomic E-state index is -0.126. The molecular formula is C54H36O2. The Kier molecular flexibility index (Phi) is 7.67. The van der Waals surface area contributed by atoms with E-state index >= 15 is 0 Å². The van der Waals surface area contributed by atoms with Crippen molar-refractivity contribution in [2.45, 2.75) is 12.0 Å². The summed E-state index contributed by atoms with van der Waals surface area (Å²) in [6.07, 6.45) is 4.42. The third kappa shape index (κ3) is 5.75. The van der Waals surface area contributed by atoms with Gasteiger partial charge >= 0.3 is 0 Å². The number of hydrogen-bond donors (Lipinski definition) is 0. The quantitative estimate of drug-likeness (QED) is 0.171. The maximum atomic E-state index is 6.60. The fraction of sp³-hybridized carbons (Fsp3) is 0.0370. The summed E-state index contributed by atoms with van der Waals surface area (Å²) in [6, 6.07) is 69.7. The van der Waals surface area contributed by atoms with Gasteiger partial charge in [-0.25, -0.2) is 0 Å². The first-order valence-corrected chi connectivity index (χ1v) is 19.3. The van der Waals surface area contributed by atoms with E-state index < -0.39 is 0 Å². The van der Waals surface area contributed by atoms with E-state index in [9.17, 15) is 0 Å². The summed E-state index contributed by atoms with van der Waals surface area (Å²) in [4.78, 5) is 0. The lowest BCUT2D eigenvalue weighted by atomic mass is 9.88. The zero-order valence-electron chi connectivity index (χ0n) is 30.6. The lowest BCUT2D eigenvalue weighted by Crippen LogP contribution is -2.32. The van der Waals surface area contributed by atoms with Crippen molar-refractivity contribution in [3.63, 3.8) is 0 Å². The first-order valence-electron chi connectivity index (χ1n) is 19.3. The molecule has 9 aromatic rings. The van der Waals surface area contributed by atoms with Crippen molar-refractivity contribution < 1.29 is 9.15 Å². The lowest BCUT2D eigenvalue weighted by molar-refractivity contribution is 0.286. The second-order valence-electron chi connectivity index (χ2n) is 14.8. The Morgan fingerprint density at radius 2 is 0.768 bits per heavy atom. The third-order valence-electron chi connectivity index (χ3n) is 11.4. The monoisotopic (exact) mass is 716 g/mol. The van der Waals surface area contributed by atoms with Gasteiger partial charge in [-0.15, -0.1) is 0 Å². The number of rotatable bonds is 6. The van der Waals surface area contributed by atoms with Gasteiger partial charge in [-0.1, -0.05) is 140 Å². The molecule has 2 unspecified atom stereocenters. The van der Waals surface area contributed by atoms with E-state index in [1.807, 2.05) is 0 Å². The van der Waals surface area contributed by atoms with Crippen LogP contribution in [0.2, 0.25) is 0 Å². The van der Waals surface area contributed by atoms with Crippen LogP contribution in [0, 0.1) is 0 Å². The summed E-state index contributed by atoms with van der Waals surface area (Å²) < 4.78 is 13.1. The maximum Gasteiger partial charge on any atom is 0.135 e. The summed E-state index contributed by atoms with van der Waals surface area (Å²) in [6.45, 7) is 0. The van der Waals surface area contributed by atoms with Crippen molar-refractivity contribution in [2.24, 2.45) is 0 Å². The molecule has 0 bridgehead atoms. The number of ether oxygens (including phenoxy) is 1. The fourth-order valence-electron chi connectivity index (χ4n) is 8.53. The van der Waals surface area contributed by atoms with Crippen LogP contribution in [0.3, 0.4) is 0 Å². The molecule has 1 aromatic heterocycles. The summed E-state index contributed by atoms with van der Waals surface area (Å²) in [5.41, 5.74) is 17.2. The Hall–Kier alpha value is -7.16. The van der Waals surface area contributed by atoms with Gasteiger partial charge in [-0.3, -0.25) is 0 Å². The van der Waals surface area contributed by atoms with E-state index in [0.717, 1.165) is 32.9 Å². The highest BCUT2D eigenvalue weighted by molar-refractivity contribution is 5.89. The first-order chi connectivity index (χ1) is 27.7. The summed E-state index contributed by atoms with van der Waals surface area (Å²) in [5.74, 6) is 0.999. The molecule has 2 aliphatic rings. The van der Waals surface area contributed by atoms with Crippen LogP contribution in [0.1, 0.15) is 11.5 Å². The fourth-order valence-corrected chi connectivity index (χ4v) is 8.53.